The van der Waals surface area contributed by atoms with Gasteiger partial charge in [-0.05, 0) is 55.5 Å². The van der Waals surface area contributed by atoms with Crippen LogP contribution in [0.4, 0.5) is 5.00 Å². The van der Waals surface area contributed by atoms with Crippen molar-refractivity contribution in [2.75, 3.05) is 11.8 Å². The Morgan fingerprint density at radius 1 is 1.21 bits per heavy atom. The summed E-state index contributed by atoms with van der Waals surface area (Å²) in [7, 11) is -2.50. The Bertz CT molecular complexity index is 872. The molecule has 0 saturated carbocycles. The molecule has 0 bridgehead atoms. The molecule has 0 amide bonds. The molecule has 1 heterocycles. The van der Waals surface area contributed by atoms with E-state index in [1.54, 1.807) is 0 Å². The van der Waals surface area contributed by atoms with Crippen LogP contribution >= 0.6 is 22.9 Å². The molecular formula is C16H16ClNO4S2. The van der Waals surface area contributed by atoms with Gasteiger partial charge in [0.15, 0.2) is 0 Å². The normalized spacial score (nSPS) is 14.1. The van der Waals surface area contributed by atoms with Crippen LogP contribution in [0.5, 0.6) is 0 Å². The zero-order valence-electron chi connectivity index (χ0n) is 13.0. The molecule has 0 radical (unpaired) electrons. The van der Waals surface area contributed by atoms with Gasteiger partial charge in [-0.1, -0.05) is 11.6 Å². The van der Waals surface area contributed by atoms with Crippen LogP contribution in [0.15, 0.2) is 29.2 Å². The number of hydrogen-bond acceptors (Lipinski definition) is 5. The van der Waals surface area contributed by atoms with E-state index in [1.165, 1.54) is 42.7 Å². The van der Waals surface area contributed by atoms with E-state index in [-0.39, 0.29) is 4.90 Å². The molecule has 0 aliphatic heterocycles. The van der Waals surface area contributed by atoms with Gasteiger partial charge >= 0.3 is 5.97 Å². The Hall–Kier alpha value is -1.57. The highest BCUT2D eigenvalue weighted by molar-refractivity contribution is 7.93. The van der Waals surface area contributed by atoms with Crippen molar-refractivity contribution in [2.45, 2.75) is 30.6 Å². The van der Waals surface area contributed by atoms with Gasteiger partial charge in [0.2, 0.25) is 0 Å². The van der Waals surface area contributed by atoms with Gasteiger partial charge < -0.3 is 4.74 Å². The number of sulfonamides is 1. The summed E-state index contributed by atoms with van der Waals surface area (Å²) in [6.45, 7) is 0. The van der Waals surface area contributed by atoms with E-state index in [4.69, 9.17) is 16.3 Å². The fourth-order valence-corrected chi connectivity index (χ4v) is 5.46. The maximum Gasteiger partial charge on any atom is 0.341 e. The number of ether oxygens (including phenoxy) is 1. The number of benzene rings is 1. The van der Waals surface area contributed by atoms with Crippen molar-refractivity contribution < 1.29 is 17.9 Å². The molecule has 1 aliphatic carbocycles. The molecule has 24 heavy (non-hydrogen) atoms. The molecular weight excluding hydrogens is 370 g/mol. The molecule has 0 saturated heterocycles. The highest BCUT2D eigenvalue weighted by Gasteiger charge is 2.28. The molecule has 8 heteroatoms. The van der Waals surface area contributed by atoms with Crippen LogP contribution in [0.25, 0.3) is 0 Å². The van der Waals surface area contributed by atoms with Gasteiger partial charge in [0.25, 0.3) is 10.0 Å². The fourth-order valence-electron chi connectivity index (χ4n) is 2.75. The second kappa shape index (κ2) is 6.74. The third-order valence-corrected chi connectivity index (χ3v) is 6.87. The summed E-state index contributed by atoms with van der Waals surface area (Å²) in [6.07, 6.45) is 3.64. The Morgan fingerprint density at radius 3 is 2.54 bits per heavy atom. The lowest BCUT2D eigenvalue weighted by atomic mass is 9.95. The average molecular weight is 386 g/mol. The SMILES string of the molecule is COC(=O)c1c(NS(=O)(=O)c2ccc(Cl)cc2)sc2c1CCCC2. The Kier molecular flexibility index (Phi) is 4.85. The smallest absolute Gasteiger partial charge is 0.341 e. The highest BCUT2D eigenvalue weighted by Crippen LogP contribution is 2.39. The Labute approximate surface area is 149 Å². The number of anilines is 1. The van der Waals surface area contributed by atoms with Gasteiger partial charge in [-0.3, -0.25) is 4.72 Å². The molecule has 1 aliphatic rings. The van der Waals surface area contributed by atoms with Crippen LogP contribution in [0.2, 0.25) is 5.02 Å². The number of thiophene rings is 1. The van der Waals surface area contributed by atoms with Crippen LogP contribution in [-0.2, 0) is 27.6 Å². The maximum absolute atomic E-state index is 12.6. The van der Waals surface area contributed by atoms with Crippen molar-refractivity contribution in [1.29, 1.82) is 0 Å². The summed E-state index contributed by atoms with van der Waals surface area (Å²) >= 11 is 7.11. The zero-order valence-corrected chi connectivity index (χ0v) is 15.4. The number of hydrogen-bond donors (Lipinski definition) is 1. The number of nitrogens with one attached hydrogen (secondary N) is 1. The number of rotatable bonds is 4. The number of carbonyl (C=O) groups is 1. The second-order valence-electron chi connectivity index (χ2n) is 5.47. The van der Waals surface area contributed by atoms with Crippen LogP contribution < -0.4 is 4.72 Å². The molecule has 2 aromatic rings. The molecule has 1 aromatic carbocycles. The van der Waals surface area contributed by atoms with Crippen molar-refractivity contribution in [3.8, 4) is 0 Å². The topological polar surface area (TPSA) is 72.5 Å². The van der Waals surface area contributed by atoms with Gasteiger partial charge in [0.05, 0.1) is 17.6 Å². The number of methoxy groups -OCH3 is 1. The first-order valence-corrected chi connectivity index (χ1v) is 10.1. The summed E-state index contributed by atoms with van der Waals surface area (Å²) in [5, 5.41) is 0.777. The van der Waals surface area contributed by atoms with Gasteiger partial charge in [-0.25, -0.2) is 13.2 Å². The van der Waals surface area contributed by atoms with E-state index < -0.39 is 16.0 Å². The summed E-state index contributed by atoms with van der Waals surface area (Å²) in [6, 6.07) is 5.87. The quantitative estimate of drug-likeness (QED) is 0.811. The number of carbonyl (C=O) groups excluding carboxylic acids is 1. The molecule has 0 atom stereocenters. The van der Waals surface area contributed by atoms with E-state index in [2.05, 4.69) is 4.72 Å². The summed E-state index contributed by atoms with van der Waals surface area (Å²) < 4.78 is 32.6. The van der Waals surface area contributed by atoms with Crippen LogP contribution in [0, 0.1) is 0 Å². The summed E-state index contributed by atoms with van der Waals surface area (Å²) in [5.41, 5.74) is 1.25. The van der Waals surface area contributed by atoms with Gasteiger partial charge in [0, 0.05) is 9.90 Å². The molecule has 3 rings (SSSR count). The number of fused-ring (bicyclic) bond motifs is 1. The standard InChI is InChI=1S/C16H16ClNO4S2/c1-22-16(19)14-12-4-2-3-5-13(12)23-15(14)18-24(20,21)11-8-6-10(17)7-9-11/h6-9,18H,2-5H2,1H3. The minimum absolute atomic E-state index is 0.0917. The summed E-state index contributed by atoms with van der Waals surface area (Å²) in [4.78, 5) is 13.3. The van der Waals surface area contributed by atoms with Gasteiger partial charge in [-0.2, -0.15) is 0 Å². The number of aryl methyl sites for hydroxylation is 1. The van der Waals surface area contributed by atoms with Crippen molar-refractivity contribution in [3.05, 3.63) is 45.3 Å². The van der Waals surface area contributed by atoms with E-state index in [0.717, 1.165) is 36.1 Å². The van der Waals surface area contributed by atoms with Gasteiger partial charge in [-0.15, -0.1) is 11.3 Å². The molecule has 128 valence electrons. The minimum atomic E-state index is -3.80. The lowest BCUT2D eigenvalue weighted by molar-refractivity contribution is 0.0601. The first kappa shape index (κ1) is 17.3. The van der Waals surface area contributed by atoms with E-state index >= 15 is 0 Å². The van der Waals surface area contributed by atoms with Crippen molar-refractivity contribution in [1.82, 2.24) is 0 Å². The maximum atomic E-state index is 12.6. The lowest BCUT2D eigenvalue weighted by Gasteiger charge is -2.12. The van der Waals surface area contributed by atoms with E-state index in [0.29, 0.717) is 15.6 Å². The first-order chi connectivity index (χ1) is 11.4. The largest absolute Gasteiger partial charge is 0.465 e. The monoisotopic (exact) mass is 385 g/mol. The summed E-state index contributed by atoms with van der Waals surface area (Å²) in [5.74, 6) is -0.511. The fraction of sp³-hybridized carbons (Fsp3) is 0.312. The first-order valence-electron chi connectivity index (χ1n) is 7.43. The zero-order chi connectivity index (χ0) is 17.3. The Balaban J connectivity index is 2.01. The highest BCUT2D eigenvalue weighted by atomic mass is 35.5. The predicted molar refractivity (Wildman–Crippen MR) is 94.6 cm³/mol. The molecule has 0 fully saturated rings. The van der Waals surface area contributed by atoms with Crippen LogP contribution in [0.3, 0.4) is 0 Å². The van der Waals surface area contributed by atoms with E-state index in [1.807, 2.05) is 0 Å². The number of esters is 1. The lowest BCUT2D eigenvalue weighted by Crippen LogP contribution is -2.15. The van der Waals surface area contributed by atoms with Crippen LogP contribution in [0.1, 0.15) is 33.6 Å². The van der Waals surface area contributed by atoms with Crippen LogP contribution in [-0.4, -0.2) is 21.5 Å². The predicted octanol–water partition coefficient (Wildman–Crippen LogP) is 3.87. The van der Waals surface area contributed by atoms with Crippen molar-refractivity contribution in [3.63, 3.8) is 0 Å². The Morgan fingerprint density at radius 2 is 1.88 bits per heavy atom. The molecule has 1 N–H and O–H groups in total. The second-order valence-corrected chi connectivity index (χ2v) is 8.69. The third-order valence-electron chi connectivity index (χ3n) is 3.91. The number of halogens is 1. The van der Waals surface area contributed by atoms with Gasteiger partial charge in [0.1, 0.15) is 5.00 Å². The molecule has 5 nitrogen and oxygen atoms in total. The van der Waals surface area contributed by atoms with E-state index in [9.17, 15) is 13.2 Å². The average Bonchev–Trinajstić information content (AvgIpc) is 2.91. The van der Waals surface area contributed by atoms with Crippen molar-refractivity contribution in [2.24, 2.45) is 0 Å². The molecule has 1 aromatic heterocycles. The molecule has 0 spiro atoms. The molecule has 0 unspecified atom stereocenters. The third kappa shape index (κ3) is 3.29. The van der Waals surface area contributed by atoms with Crippen molar-refractivity contribution >= 4 is 43.9 Å². The minimum Gasteiger partial charge on any atom is -0.465 e.